The summed E-state index contributed by atoms with van der Waals surface area (Å²) in [5, 5.41) is 0.801. The van der Waals surface area contributed by atoms with Crippen LogP contribution >= 0.6 is 23.4 Å². The Morgan fingerprint density at radius 2 is 1.40 bits per heavy atom. The summed E-state index contributed by atoms with van der Waals surface area (Å²) in [5.74, 6) is 2.48. The summed E-state index contributed by atoms with van der Waals surface area (Å²) in [6.07, 6.45) is 0.939. The predicted octanol–water partition coefficient (Wildman–Crippen LogP) is 10.9. The number of ether oxygens (including phenoxy) is 2. The zero-order valence-electron chi connectivity index (χ0n) is 27.4. The molecule has 45 heavy (non-hydrogen) atoms. The van der Waals surface area contributed by atoms with E-state index >= 15 is 0 Å². The lowest BCUT2D eigenvalue weighted by molar-refractivity contribution is -0.0980. The quantitative estimate of drug-likeness (QED) is 0.0962. The molecule has 246 valence electrons. The fourth-order valence-electron chi connectivity index (χ4n) is 3.51. The van der Waals surface area contributed by atoms with Gasteiger partial charge in [-0.2, -0.15) is 0 Å². The van der Waals surface area contributed by atoms with Crippen LogP contribution in [0.3, 0.4) is 0 Å². The molecule has 8 heteroatoms. The summed E-state index contributed by atoms with van der Waals surface area (Å²) in [7, 11) is 4.06. The van der Waals surface area contributed by atoms with Crippen LogP contribution in [0.1, 0.15) is 31.4 Å². The van der Waals surface area contributed by atoms with E-state index in [-0.39, 0.29) is 5.82 Å². The topological polar surface area (TPSA) is 38.8 Å². The average Bonchev–Trinajstić information content (AvgIpc) is 3.11. The van der Waals surface area contributed by atoms with Gasteiger partial charge in [0.25, 0.3) is 0 Å². The minimum atomic E-state index is -0.219. The number of halogens is 3. The molecule has 0 aliphatic carbocycles. The van der Waals surface area contributed by atoms with E-state index in [1.807, 2.05) is 106 Å². The second kappa shape index (κ2) is 28.9. The Balaban J connectivity index is 0. The van der Waals surface area contributed by atoms with Gasteiger partial charge in [-0.25, -0.2) is 4.39 Å². The van der Waals surface area contributed by atoms with Crippen molar-refractivity contribution in [3.63, 3.8) is 0 Å². The van der Waals surface area contributed by atoms with E-state index in [4.69, 9.17) is 25.9 Å². The second-order valence-corrected chi connectivity index (χ2v) is 10.0. The van der Waals surface area contributed by atoms with Crippen LogP contribution in [-0.4, -0.2) is 40.5 Å². The first-order chi connectivity index (χ1) is 22.0. The number of alkyl halides is 1. The van der Waals surface area contributed by atoms with E-state index in [2.05, 4.69) is 25.3 Å². The minimum Gasteiger partial charge on any atom is -0.497 e. The number of anilines is 1. The Labute approximate surface area is 279 Å². The number of methoxy groups -OCH3 is 1. The fraction of sp³-hybridized carbons (Fsp3) is 0.270. The van der Waals surface area contributed by atoms with E-state index in [1.54, 1.807) is 31.0 Å². The molecule has 0 N–H and O–H groups in total. The van der Waals surface area contributed by atoms with Gasteiger partial charge < -0.3 is 19.2 Å². The Hall–Kier alpha value is -3.81. The highest BCUT2D eigenvalue weighted by Crippen LogP contribution is 2.25. The van der Waals surface area contributed by atoms with Crippen molar-refractivity contribution in [2.45, 2.75) is 38.6 Å². The predicted molar refractivity (Wildman–Crippen MR) is 192 cm³/mol. The van der Waals surface area contributed by atoms with Crippen molar-refractivity contribution in [1.29, 1.82) is 0 Å². The normalized spacial score (nSPS) is 8.91. The Morgan fingerprint density at radius 3 is 1.96 bits per heavy atom. The zero-order chi connectivity index (χ0) is 34.5. The number of carbonyl (C=O) groups is 1. The average molecular weight is 660 g/mol. The van der Waals surface area contributed by atoms with Crippen LogP contribution in [0.5, 0.6) is 11.5 Å². The van der Waals surface area contributed by atoms with Crippen molar-refractivity contribution in [3.8, 4) is 11.5 Å². The molecular weight excluding hydrogens is 612 g/mol. The molecule has 0 atom stereocenters. The van der Waals surface area contributed by atoms with Gasteiger partial charge in [-0.05, 0) is 67.9 Å². The van der Waals surface area contributed by atoms with Gasteiger partial charge in [0.1, 0.15) is 24.1 Å². The highest BCUT2D eigenvalue weighted by atomic mass is 35.5. The lowest BCUT2D eigenvalue weighted by atomic mass is 10.1. The molecule has 0 spiro atoms. The molecule has 0 radical (unpaired) electrons. The Morgan fingerprint density at radius 1 is 0.844 bits per heavy atom. The smallest absolute Gasteiger partial charge is 0.146 e. The lowest BCUT2D eigenvalue weighted by Gasteiger charge is -2.21. The van der Waals surface area contributed by atoms with Gasteiger partial charge in [0.2, 0.25) is 0 Å². The number of rotatable bonds is 10. The van der Waals surface area contributed by atoms with Crippen molar-refractivity contribution in [3.05, 3.63) is 132 Å². The van der Waals surface area contributed by atoms with E-state index < -0.39 is 0 Å². The third-order valence-corrected chi connectivity index (χ3v) is 6.88. The third-order valence-electron chi connectivity index (χ3n) is 5.53. The van der Waals surface area contributed by atoms with E-state index in [9.17, 15) is 8.78 Å². The molecule has 0 aliphatic heterocycles. The maximum Gasteiger partial charge on any atom is 0.146 e. The van der Waals surface area contributed by atoms with Gasteiger partial charge in [0.05, 0.1) is 26.6 Å². The van der Waals surface area contributed by atoms with E-state index in [0.717, 1.165) is 34.3 Å². The summed E-state index contributed by atoms with van der Waals surface area (Å²) in [6.45, 7) is 15.3. The molecule has 4 nitrogen and oxygen atoms in total. The van der Waals surface area contributed by atoms with Gasteiger partial charge in [-0.15, -0.1) is 24.9 Å². The maximum absolute atomic E-state index is 14.0. The highest BCUT2D eigenvalue weighted by Gasteiger charge is 2.10. The molecule has 4 rings (SSSR count). The number of carbonyl (C=O) groups excluding carboxylic acids is 1. The third kappa shape index (κ3) is 18.6. The summed E-state index contributed by atoms with van der Waals surface area (Å²) in [5.41, 5.74) is 2.87. The molecule has 0 saturated carbocycles. The molecule has 0 fully saturated rings. The molecule has 0 saturated heterocycles. The highest BCUT2D eigenvalue weighted by molar-refractivity contribution is 7.99. The van der Waals surface area contributed by atoms with Gasteiger partial charge in [0, 0.05) is 34.8 Å². The summed E-state index contributed by atoms with van der Waals surface area (Å²) < 4.78 is 34.7. The Bertz CT molecular complexity index is 1240. The summed E-state index contributed by atoms with van der Waals surface area (Å²) in [6, 6.07) is 30.6. The SMILES string of the molecule is C=C.C=O.CC.CF.COc1ccc(SCCCOc2ccccc2CN(C)c2ccccc2F)cc1.Cc1ccc(Cl)cc1. The van der Waals surface area contributed by atoms with Gasteiger partial charge >= 0.3 is 0 Å². The van der Waals surface area contributed by atoms with Crippen LogP contribution in [0.15, 0.2) is 115 Å². The lowest BCUT2D eigenvalue weighted by Crippen LogP contribution is -2.18. The summed E-state index contributed by atoms with van der Waals surface area (Å²) >= 11 is 7.41. The zero-order valence-corrected chi connectivity index (χ0v) is 29.0. The number of para-hydroxylation sites is 2. The van der Waals surface area contributed by atoms with Gasteiger partial charge in [0.15, 0.2) is 0 Å². The van der Waals surface area contributed by atoms with Crippen LogP contribution in [0, 0.1) is 12.7 Å². The number of thioether (sulfide) groups is 1. The van der Waals surface area contributed by atoms with Crippen LogP contribution in [0.2, 0.25) is 5.02 Å². The first kappa shape index (κ1) is 43.3. The largest absolute Gasteiger partial charge is 0.497 e. The number of hydrogen-bond acceptors (Lipinski definition) is 5. The van der Waals surface area contributed by atoms with Crippen LogP contribution in [0.25, 0.3) is 0 Å². The molecule has 4 aromatic rings. The maximum atomic E-state index is 14.0. The van der Waals surface area contributed by atoms with Crippen molar-refractivity contribution in [2.75, 3.05) is 38.6 Å². The number of benzene rings is 4. The molecule has 0 amide bonds. The molecule has 0 heterocycles. The Kier molecular flexibility index (Phi) is 27.9. The standard InChI is InChI=1S/C24H26FNO2S.C7H7Cl.C2H6.C2H4.CH3F.CH2O/c1-26(23-10-5-4-9-22(23)25)18-19-8-3-6-11-24(19)28-16-7-17-29-21-14-12-20(27-2)13-15-21;1-6-2-4-7(8)5-3-6;4*1-2/h3-6,8-15H,7,16-18H2,1-2H3;2-5H,1H3;1-2H3;1-2H2;1H3;1H2. The first-order valence-electron chi connectivity index (χ1n) is 14.3. The van der Waals surface area contributed by atoms with Gasteiger partial charge in [-0.3, -0.25) is 4.39 Å². The minimum absolute atomic E-state index is 0.219. The monoisotopic (exact) mass is 659 g/mol. The first-order valence-corrected chi connectivity index (χ1v) is 15.6. The number of hydrogen-bond donors (Lipinski definition) is 0. The van der Waals surface area contributed by atoms with Crippen molar-refractivity contribution < 1.29 is 23.0 Å². The van der Waals surface area contributed by atoms with Crippen molar-refractivity contribution in [1.82, 2.24) is 0 Å². The molecular formula is C37H48ClF2NO3S. The molecule has 0 unspecified atom stereocenters. The van der Waals surface area contributed by atoms with Gasteiger partial charge in [-0.1, -0.05) is 73.5 Å². The number of aryl methyl sites for hydroxylation is 1. The van der Waals surface area contributed by atoms with Crippen LogP contribution in [-0.2, 0) is 11.3 Å². The fourth-order valence-corrected chi connectivity index (χ4v) is 4.47. The van der Waals surface area contributed by atoms with E-state index in [0.29, 0.717) is 26.0 Å². The second-order valence-electron chi connectivity index (χ2n) is 8.44. The number of nitrogens with zero attached hydrogens (tertiary/aromatic N) is 1. The van der Waals surface area contributed by atoms with Crippen molar-refractivity contribution >= 4 is 35.8 Å². The molecule has 4 aromatic carbocycles. The van der Waals surface area contributed by atoms with Crippen LogP contribution in [0.4, 0.5) is 14.5 Å². The van der Waals surface area contributed by atoms with Crippen LogP contribution < -0.4 is 14.4 Å². The summed E-state index contributed by atoms with van der Waals surface area (Å²) in [4.78, 5) is 11.1. The van der Waals surface area contributed by atoms with Crippen molar-refractivity contribution in [2.24, 2.45) is 0 Å². The van der Waals surface area contributed by atoms with E-state index in [1.165, 1.54) is 16.5 Å². The molecule has 0 bridgehead atoms. The molecule has 0 aromatic heterocycles. The molecule has 0 aliphatic rings.